The largest absolute Gasteiger partial charge is 0.312 e. The van der Waals surface area contributed by atoms with Crippen molar-refractivity contribution in [1.82, 2.24) is 5.32 Å². The molecule has 0 saturated heterocycles. The minimum Gasteiger partial charge on any atom is -0.312 e. The quantitative estimate of drug-likeness (QED) is 0.783. The number of hydrogen-bond donors (Lipinski definition) is 1. The lowest BCUT2D eigenvalue weighted by molar-refractivity contribution is 0.612. The normalized spacial score (nSPS) is 12.1. The van der Waals surface area contributed by atoms with Gasteiger partial charge in [0.05, 0.1) is 10.0 Å². The molecule has 1 unspecified atom stereocenters. The molecule has 74 valence electrons. The standard InChI is InChI=1S/C11H11Cl2N/c1-3-5-10(14-2)8-6-4-7-9(12)11(8)13/h1,4,6-7,10,14H,5H2,2H3. The number of benzene rings is 1. The van der Waals surface area contributed by atoms with Gasteiger partial charge in [0.25, 0.3) is 0 Å². The molecule has 14 heavy (non-hydrogen) atoms. The van der Waals surface area contributed by atoms with Gasteiger partial charge in [-0.05, 0) is 18.7 Å². The Hall–Kier alpha value is -0.680. The van der Waals surface area contributed by atoms with Crippen molar-refractivity contribution in [2.45, 2.75) is 12.5 Å². The van der Waals surface area contributed by atoms with Gasteiger partial charge in [0.1, 0.15) is 0 Å². The fraction of sp³-hybridized carbons (Fsp3) is 0.273. The zero-order valence-electron chi connectivity index (χ0n) is 7.85. The highest BCUT2D eigenvalue weighted by Gasteiger charge is 2.12. The predicted molar refractivity (Wildman–Crippen MR) is 61.7 cm³/mol. The van der Waals surface area contributed by atoms with Crippen LogP contribution in [0.3, 0.4) is 0 Å². The van der Waals surface area contributed by atoms with Crippen molar-refractivity contribution in [3.05, 3.63) is 33.8 Å². The van der Waals surface area contributed by atoms with Crippen LogP contribution in [0.1, 0.15) is 18.0 Å². The van der Waals surface area contributed by atoms with Crippen LogP contribution in [0.5, 0.6) is 0 Å². The first-order chi connectivity index (χ1) is 6.70. The van der Waals surface area contributed by atoms with Crippen molar-refractivity contribution >= 4 is 23.2 Å². The summed E-state index contributed by atoms with van der Waals surface area (Å²) < 4.78 is 0. The Morgan fingerprint density at radius 3 is 2.79 bits per heavy atom. The second-order valence-electron chi connectivity index (χ2n) is 2.89. The van der Waals surface area contributed by atoms with Crippen LogP contribution >= 0.6 is 23.2 Å². The van der Waals surface area contributed by atoms with Crippen molar-refractivity contribution in [2.75, 3.05) is 7.05 Å². The summed E-state index contributed by atoms with van der Waals surface area (Å²) in [6, 6.07) is 5.61. The summed E-state index contributed by atoms with van der Waals surface area (Å²) in [5.41, 5.74) is 0.944. The molecule has 0 aliphatic carbocycles. The average Bonchev–Trinajstić information content (AvgIpc) is 2.19. The van der Waals surface area contributed by atoms with Gasteiger partial charge in [-0.1, -0.05) is 35.3 Å². The van der Waals surface area contributed by atoms with Crippen LogP contribution in [0, 0.1) is 12.3 Å². The molecule has 0 aliphatic rings. The highest BCUT2D eigenvalue weighted by molar-refractivity contribution is 6.42. The first kappa shape index (κ1) is 11.4. The Morgan fingerprint density at radius 1 is 1.50 bits per heavy atom. The van der Waals surface area contributed by atoms with Crippen LogP contribution < -0.4 is 5.32 Å². The van der Waals surface area contributed by atoms with E-state index in [1.54, 1.807) is 6.07 Å². The molecule has 3 heteroatoms. The Kier molecular flexibility index (Phi) is 4.28. The van der Waals surface area contributed by atoms with Crippen LogP contribution in [0.2, 0.25) is 10.0 Å². The maximum atomic E-state index is 6.06. The van der Waals surface area contributed by atoms with Crippen molar-refractivity contribution in [3.8, 4) is 12.3 Å². The summed E-state index contributed by atoms with van der Waals surface area (Å²) in [4.78, 5) is 0. The van der Waals surface area contributed by atoms with E-state index in [0.717, 1.165) is 5.56 Å². The molecule has 1 rings (SSSR count). The molecule has 0 fully saturated rings. The maximum absolute atomic E-state index is 6.06. The molecule has 0 aromatic heterocycles. The van der Waals surface area contributed by atoms with Crippen molar-refractivity contribution in [2.24, 2.45) is 0 Å². The zero-order valence-corrected chi connectivity index (χ0v) is 9.36. The molecular weight excluding hydrogens is 217 g/mol. The number of terminal acetylenes is 1. The van der Waals surface area contributed by atoms with Crippen LogP contribution in [-0.4, -0.2) is 7.05 Å². The van der Waals surface area contributed by atoms with Crippen molar-refractivity contribution in [1.29, 1.82) is 0 Å². The first-order valence-corrected chi connectivity index (χ1v) is 5.01. The van der Waals surface area contributed by atoms with E-state index in [0.29, 0.717) is 16.5 Å². The van der Waals surface area contributed by atoms with Crippen LogP contribution in [-0.2, 0) is 0 Å². The minimum atomic E-state index is 0.0613. The molecule has 1 aromatic carbocycles. The van der Waals surface area contributed by atoms with E-state index in [9.17, 15) is 0 Å². The summed E-state index contributed by atoms with van der Waals surface area (Å²) in [7, 11) is 1.85. The molecule has 1 N–H and O–H groups in total. The number of halogens is 2. The fourth-order valence-electron chi connectivity index (χ4n) is 1.27. The van der Waals surface area contributed by atoms with E-state index in [4.69, 9.17) is 29.6 Å². The summed E-state index contributed by atoms with van der Waals surface area (Å²) in [5, 5.41) is 4.23. The van der Waals surface area contributed by atoms with Gasteiger partial charge in [-0.25, -0.2) is 0 Å². The highest BCUT2D eigenvalue weighted by atomic mass is 35.5. The Bertz CT molecular complexity index is 355. The molecule has 1 atom stereocenters. The average molecular weight is 228 g/mol. The lowest BCUT2D eigenvalue weighted by Gasteiger charge is -2.15. The van der Waals surface area contributed by atoms with Gasteiger partial charge >= 0.3 is 0 Å². The van der Waals surface area contributed by atoms with Crippen LogP contribution in [0.4, 0.5) is 0 Å². The van der Waals surface area contributed by atoms with E-state index in [1.807, 2.05) is 19.2 Å². The number of hydrogen-bond acceptors (Lipinski definition) is 1. The van der Waals surface area contributed by atoms with Gasteiger partial charge < -0.3 is 5.32 Å². The molecule has 0 heterocycles. The Labute approximate surface area is 94.4 Å². The molecule has 0 amide bonds. The summed E-state index contributed by atoms with van der Waals surface area (Å²) in [6.07, 6.45) is 5.86. The summed E-state index contributed by atoms with van der Waals surface area (Å²) >= 11 is 12.0. The molecule has 1 nitrogen and oxygen atoms in total. The van der Waals surface area contributed by atoms with E-state index in [1.165, 1.54) is 0 Å². The SMILES string of the molecule is C#CCC(NC)c1cccc(Cl)c1Cl. The van der Waals surface area contributed by atoms with E-state index in [2.05, 4.69) is 11.2 Å². The summed E-state index contributed by atoms with van der Waals surface area (Å²) in [5.74, 6) is 2.60. The lowest BCUT2D eigenvalue weighted by Crippen LogP contribution is -2.16. The summed E-state index contributed by atoms with van der Waals surface area (Å²) in [6.45, 7) is 0. The third-order valence-corrected chi connectivity index (χ3v) is 2.86. The van der Waals surface area contributed by atoms with Crippen LogP contribution in [0.15, 0.2) is 18.2 Å². The Balaban J connectivity index is 3.05. The van der Waals surface area contributed by atoms with Gasteiger partial charge in [0.2, 0.25) is 0 Å². The molecule has 1 aromatic rings. The predicted octanol–water partition coefficient (Wildman–Crippen LogP) is 3.28. The first-order valence-electron chi connectivity index (χ1n) is 4.25. The maximum Gasteiger partial charge on any atom is 0.0640 e. The van der Waals surface area contributed by atoms with Crippen LogP contribution in [0.25, 0.3) is 0 Å². The van der Waals surface area contributed by atoms with E-state index < -0.39 is 0 Å². The third-order valence-electron chi connectivity index (χ3n) is 2.03. The van der Waals surface area contributed by atoms with Gasteiger partial charge in [0.15, 0.2) is 0 Å². The van der Waals surface area contributed by atoms with Crippen molar-refractivity contribution in [3.63, 3.8) is 0 Å². The molecule has 0 radical (unpaired) electrons. The van der Waals surface area contributed by atoms with Gasteiger partial charge in [0, 0.05) is 12.5 Å². The monoisotopic (exact) mass is 227 g/mol. The smallest absolute Gasteiger partial charge is 0.0640 e. The minimum absolute atomic E-state index is 0.0613. The second kappa shape index (κ2) is 5.26. The van der Waals surface area contributed by atoms with E-state index >= 15 is 0 Å². The second-order valence-corrected chi connectivity index (χ2v) is 3.68. The molecule has 0 aliphatic heterocycles. The van der Waals surface area contributed by atoms with E-state index in [-0.39, 0.29) is 6.04 Å². The molecule has 0 saturated carbocycles. The van der Waals surface area contributed by atoms with Gasteiger partial charge in [-0.2, -0.15) is 0 Å². The lowest BCUT2D eigenvalue weighted by atomic mass is 10.0. The zero-order chi connectivity index (χ0) is 10.6. The molecular formula is C11H11Cl2N. The molecule has 0 spiro atoms. The molecule has 0 bridgehead atoms. The Morgan fingerprint density at radius 2 is 2.21 bits per heavy atom. The number of nitrogens with one attached hydrogen (secondary N) is 1. The van der Waals surface area contributed by atoms with Gasteiger partial charge in [-0.3, -0.25) is 0 Å². The highest BCUT2D eigenvalue weighted by Crippen LogP contribution is 2.30. The fourth-order valence-corrected chi connectivity index (χ4v) is 1.71. The van der Waals surface area contributed by atoms with Crippen molar-refractivity contribution < 1.29 is 0 Å². The van der Waals surface area contributed by atoms with Gasteiger partial charge in [-0.15, -0.1) is 12.3 Å². The third kappa shape index (κ3) is 2.42. The topological polar surface area (TPSA) is 12.0 Å². The number of rotatable bonds is 3.